The predicted molar refractivity (Wildman–Crippen MR) is 157 cm³/mol. The Hall–Kier alpha value is -3.50. The fraction of sp³-hybridized carbons (Fsp3) is 0.314. The summed E-state index contributed by atoms with van der Waals surface area (Å²) in [6.45, 7) is -0.582. The Morgan fingerprint density at radius 1 is 0.512 bits per heavy atom. The van der Waals surface area contributed by atoms with E-state index < -0.39 is 42.5 Å². The fourth-order valence-corrected chi connectivity index (χ4v) is 5.27. The van der Waals surface area contributed by atoms with Gasteiger partial charge in [-0.3, -0.25) is 0 Å². The van der Waals surface area contributed by atoms with Crippen molar-refractivity contribution in [1.29, 1.82) is 0 Å². The minimum absolute atomic E-state index is 0.00275. The molecular formula is C35H36F2O6. The molecule has 0 amide bonds. The highest BCUT2D eigenvalue weighted by atomic mass is 19.3. The van der Waals surface area contributed by atoms with Crippen molar-refractivity contribution in [2.75, 3.05) is 6.61 Å². The Morgan fingerprint density at radius 2 is 0.884 bits per heavy atom. The molecule has 2 N–H and O–H groups in total. The van der Waals surface area contributed by atoms with Crippen LogP contribution in [-0.2, 0) is 45.4 Å². The summed E-state index contributed by atoms with van der Waals surface area (Å²) in [4.78, 5) is 0. The Kier molecular flexibility index (Phi) is 10.3. The van der Waals surface area contributed by atoms with Crippen LogP contribution in [0.3, 0.4) is 0 Å². The molecule has 0 saturated heterocycles. The van der Waals surface area contributed by atoms with Crippen molar-refractivity contribution >= 4 is 0 Å². The van der Waals surface area contributed by atoms with Crippen LogP contribution in [0.1, 0.15) is 22.3 Å². The molecule has 0 aromatic heterocycles. The summed E-state index contributed by atoms with van der Waals surface area (Å²) in [5.41, 5.74) is 3.02. The van der Waals surface area contributed by atoms with Gasteiger partial charge >= 0.3 is 5.92 Å². The van der Waals surface area contributed by atoms with Crippen LogP contribution in [0.25, 0.3) is 0 Å². The van der Waals surface area contributed by atoms with Gasteiger partial charge in [-0.2, -0.15) is 8.78 Å². The van der Waals surface area contributed by atoms with Crippen LogP contribution in [0.4, 0.5) is 8.78 Å². The topological polar surface area (TPSA) is 77.4 Å². The Bertz CT molecular complexity index is 1370. The molecule has 8 heteroatoms. The van der Waals surface area contributed by atoms with E-state index in [1.165, 1.54) is 0 Å². The summed E-state index contributed by atoms with van der Waals surface area (Å²) in [5.74, 6) is -9.44. The molecule has 6 nitrogen and oxygen atoms in total. The zero-order chi connectivity index (χ0) is 30.1. The number of ether oxygens (including phenoxy) is 4. The molecule has 4 aromatic carbocycles. The molecule has 5 rings (SSSR count). The third-order valence-electron chi connectivity index (χ3n) is 7.62. The van der Waals surface area contributed by atoms with E-state index in [0.29, 0.717) is 5.56 Å². The molecule has 1 fully saturated rings. The van der Waals surface area contributed by atoms with E-state index >= 15 is 8.78 Å². The van der Waals surface area contributed by atoms with Crippen molar-refractivity contribution in [2.24, 2.45) is 5.92 Å². The average molecular weight is 591 g/mol. The van der Waals surface area contributed by atoms with Crippen LogP contribution in [0.5, 0.6) is 0 Å². The maximum absolute atomic E-state index is 16.3. The van der Waals surface area contributed by atoms with E-state index in [4.69, 9.17) is 18.9 Å². The van der Waals surface area contributed by atoms with Crippen LogP contribution in [0.15, 0.2) is 121 Å². The van der Waals surface area contributed by atoms with Gasteiger partial charge in [-0.15, -0.1) is 0 Å². The van der Waals surface area contributed by atoms with Crippen molar-refractivity contribution in [3.05, 3.63) is 144 Å². The van der Waals surface area contributed by atoms with Crippen LogP contribution in [-0.4, -0.2) is 46.8 Å². The Morgan fingerprint density at radius 3 is 1.33 bits per heavy atom. The lowest BCUT2D eigenvalue weighted by Gasteiger charge is -2.52. The molecule has 4 aromatic rings. The van der Waals surface area contributed by atoms with E-state index in [-0.39, 0.29) is 26.4 Å². The zero-order valence-corrected chi connectivity index (χ0v) is 23.7. The highest BCUT2D eigenvalue weighted by Crippen LogP contribution is 2.48. The van der Waals surface area contributed by atoms with Gasteiger partial charge in [0.1, 0.15) is 12.2 Å². The lowest BCUT2D eigenvalue weighted by Crippen LogP contribution is -2.74. The molecule has 1 unspecified atom stereocenters. The zero-order valence-electron chi connectivity index (χ0n) is 23.7. The fourth-order valence-electron chi connectivity index (χ4n) is 5.27. The molecule has 43 heavy (non-hydrogen) atoms. The van der Waals surface area contributed by atoms with Gasteiger partial charge in [0.25, 0.3) is 5.79 Å². The summed E-state index contributed by atoms with van der Waals surface area (Å²) < 4.78 is 56.6. The maximum Gasteiger partial charge on any atom is 0.310 e. The first-order valence-electron chi connectivity index (χ1n) is 14.3. The van der Waals surface area contributed by atoms with Crippen molar-refractivity contribution in [3.8, 4) is 0 Å². The van der Waals surface area contributed by atoms with Gasteiger partial charge in [0.15, 0.2) is 0 Å². The van der Waals surface area contributed by atoms with Crippen molar-refractivity contribution in [2.45, 2.75) is 56.4 Å². The normalized spacial score (nSPS) is 22.7. The van der Waals surface area contributed by atoms with E-state index in [2.05, 4.69) is 0 Å². The minimum Gasteiger partial charge on any atom is -0.376 e. The highest BCUT2D eigenvalue weighted by molar-refractivity contribution is 5.18. The highest BCUT2D eigenvalue weighted by Gasteiger charge is 2.71. The second-order valence-electron chi connectivity index (χ2n) is 10.7. The van der Waals surface area contributed by atoms with Crippen LogP contribution in [0.2, 0.25) is 0 Å². The minimum atomic E-state index is -4.08. The maximum atomic E-state index is 16.3. The monoisotopic (exact) mass is 590 g/mol. The Labute approximate surface area is 250 Å². The smallest absolute Gasteiger partial charge is 0.310 e. The van der Waals surface area contributed by atoms with E-state index in [9.17, 15) is 10.2 Å². The summed E-state index contributed by atoms with van der Waals surface area (Å²) in [6, 6.07) is 36.4. The number of hydrogen-bond acceptors (Lipinski definition) is 6. The van der Waals surface area contributed by atoms with E-state index in [0.717, 1.165) is 16.7 Å². The summed E-state index contributed by atoms with van der Waals surface area (Å²) in [5, 5.41) is 22.4. The third kappa shape index (κ3) is 7.54. The third-order valence-corrected chi connectivity index (χ3v) is 7.62. The van der Waals surface area contributed by atoms with Gasteiger partial charge < -0.3 is 29.2 Å². The Balaban J connectivity index is 1.47. The molecule has 0 heterocycles. The predicted octanol–water partition coefficient (Wildman–Crippen LogP) is 5.91. The SMILES string of the molecule is OC1(O)[C@H](OCc2ccccc2)C(OCc2ccccc2)[C@H](OCc2ccccc2)[C@@H](COCc2ccccc2)C1(F)F. The van der Waals surface area contributed by atoms with Crippen LogP contribution < -0.4 is 0 Å². The van der Waals surface area contributed by atoms with E-state index in [1.54, 1.807) is 24.3 Å². The number of hydrogen-bond donors (Lipinski definition) is 2. The summed E-state index contributed by atoms with van der Waals surface area (Å²) >= 11 is 0. The average Bonchev–Trinajstić information content (AvgIpc) is 3.03. The van der Waals surface area contributed by atoms with Gasteiger partial charge in [0.2, 0.25) is 0 Å². The van der Waals surface area contributed by atoms with Gasteiger partial charge in [0, 0.05) is 0 Å². The van der Waals surface area contributed by atoms with Gasteiger partial charge in [-0.1, -0.05) is 121 Å². The molecule has 226 valence electrons. The molecule has 0 spiro atoms. The lowest BCUT2D eigenvalue weighted by atomic mass is 9.75. The largest absolute Gasteiger partial charge is 0.376 e. The van der Waals surface area contributed by atoms with Crippen molar-refractivity contribution < 1.29 is 37.9 Å². The first kappa shape index (κ1) is 30.9. The number of benzene rings is 4. The van der Waals surface area contributed by atoms with Crippen LogP contribution in [0, 0.1) is 5.92 Å². The lowest BCUT2D eigenvalue weighted by molar-refractivity contribution is -0.410. The number of aliphatic hydroxyl groups is 2. The molecule has 1 saturated carbocycles. The molecular weight excluding hydrogens is 554 g/mol. The number of rotatable bonds is 13. The molecule has 1 aliphatic carbocycles. The molecule has 4 atom stereocenters. The second-order valence-corrected chi connectivity index (χ2v) is 10.7. The number of alkyl halides is 2. The van der Waals surface area contributed by atoms with Gasteiger partial charge in [-0.05, 0) is 22.3 Å². The van der Waals surface area contributed by atoms with E-state index in [1.807, 2.05) is 97.1 Å². The summed E-state index contributed by atoms with van der Waals surface area (Å²) in [7, 11) is 0. The van der Waals surface area contributed by atoms with Gasteiger partial charge in [-0.25, -0.2) is 0 Å². The molecule has 0 bridgehead atoms. The van der Waals surface area contributed by atoms with Crippen LogP contribution >= 0.6 is 0 Å². The first-order chi connectivity index (χ1) is 20.9. The quantitative estimate of drug-likeness (QED) is 0.189. The molecule has 1 aliphatic rings. The molecule has 0 radical (unpaired) electrons. The van der Waals surface area contributed by atoms with Crippen molar-refractivity contribution in [1.82, 2.24) is 0 Å². The first-order valence-corrected chi connectivity index (χ1v) is 14.3. The molecule has 0 aliphatic heterocycles. The summed E-state index contributed by atoms with van der Waals surface area (Å²) in [6.07, 6.45) is -4.45. The number of halogens is 2. The second kappa shape index (κ2) is 14.3. The van der Waals surface area contributed by atoms with Crippen molar-refractivity contribution in [3.63, 3.8) is 0 Å². The van der Waals surface area contributed by atoms with Gasteiger partial charge in [0.05, 0.1) is 45.1 Å². The standard InChI is InChI=1S/C35H36F2O6/c36-34(37)30(25-40-21-26-13-5-1-6-14-26)31(41-22-27-15-7-2-8-16-27)32(42-23-28-17-9-3-10-18-28)33(35(34,38)39)43-24-29-19-11-4-12-20-29/h1-20,30-33,38-39H,21-25H2/t30-,31-,32?,33-/m1/s1.